The normalized spacial score (nSPS) is 16.4. The van der Waals surface area contributed by atoms with Crippen LogP contribution < -0.4 is 5.32 Å². The van der Waals surface area contributed by atoms with Crippen molar-refractivity contribution in [3.8, 4) is 0 Å². The highest BCUT2D eigenvalue weighted by atomic mass is 16.4. The van der Waals surface area contributed by atoms with Gasteiger partial charge in [-0.25, -0.2) is 4.98 Å². The van der Waals surface area contributed by atoms with Crippen LogP contribution in [0.1, 0.15) is 45.8 Å². The highest BCUT2D eigenvalue weighted by Crippen LogP contribution is 2.23. The maximum Gasteiger partial charge on any atom is 0.245 e. The van der Waals surface area contributed by atoms with Gasteiger partial charge >= 0.3 is 0 Å². The Labute approximate surface area is 143 Å². The molecule has 1 N–H and O–H groups in total. The smallest absolute Gasteiger partial charge is 0.245 e. The van der Waals surface area contributed by atoms with Crippen LogP contribution in [0.5, 0.6) is 0 Å². The fourth-order valence-corrected chi connectivity index (χ4v) is 2.57. The number of rotatable bonds is 6. The summed E-state index contributed by atoms with van der Waals surface area (Å²) in [6.45, 7) is 13.0. The van der Waals surface area contributed by atoms with Crippen molar-refractivity contribution in [2.24, 2.45) is 5.92 Å². The molecule has 1 aliphatic rings. The zero-order chi connectivity index (χ0) is 17.9. The van der Waals surface area contributed by atoms with Crippen LogP contribution in [0.3, 0.4) is 0 Å². The number of nitrogens with zero attached hydrogens (tertiary/aromatic N) is 2. The molecule has 1 aromatic rings. The Morgan fingerprint density at radius 2 is 2.17 bits per heavy atom. The molecule has 0 bridgehead atoms. The van der Waals surface area contributed by atoms with Crippen LogP contribution in [0.4, 0.5) is 0 Å². The topological polar surface area (TPSA) is 75.4 Å². The summed E-state index contributed by atoms with van der Waals surface area (Å²) in [6.07, 6.45) is 3.88. The molecule has 2 amide bonds. The second kappa shape index (κ2) is 7.20. The Morgan fingerprint density at radius 3 is 2.71 bits per heavy atom. The third-order valence-electron chi connectivity index (χ3n) is 4.35. The highest BCUT2D eigenvalue weighted by Gasteiger charge is 2.33. The first kappa shape index (κ1) is 18.2. The van der Waals surface area contributed by atoms with Crippen molar-refractivity contribution in [1.82, 2.24) is 15.2 Å². The second-order valence-electron chi connectivity index (χ2n) is 7.43. The molecule has 0 aliphatic carbocycles. The minimum absolute atomic E-state index is 0.0218. The molecule has 1 aromatic heterocycles. The van der Waals surface area contributed by atoms with Gasteiger partial charge in [0.1, 0.15) is 5.76 Å². The van der Waals surface area contributed by atoms with Crippen molar-refractivity contribution >= 4 is 11.8 Å². The zero-order valence-electron chi connectivity index (χ0n) is 15.0. The van der Waals surface area contributed by atoms with Crippen LogP contribution in [0.15, 0.2) is 23.3 Å². The van der Waals surface area contributed by atoms with E-state index in [0.29, 0.717) is 37.7 Å². The van der Waals surface area contributed by atoms with Crippen LogP contribution in [0.2, 0.25) is 0 Å². The predicted octanol–water partition coefficient (Wildman–Crippen LogP) is 2.05. The van der Waals surface area contributed by atoms with Gasteiger partial charge in [0.2, 0.25) is 11.8 Å². The SMILES string of the molecule is C=CC(=O)N1CC(C(C)NC(=O)CCc2ncc(C(C)(C)C)o2)C1. The number of amides is 2. The van der Waals surface area contributed by atoms with Gasteiger partial charge in [-0.2, -0.15) is 0 Å². The first-order valence-electron chi connectivity index (χ1n) is 8.36. The Morgan fingerprint density at radius 1 is 1.50 bits per heavy atom. The number of carbonyl (C=O) groups excluding carboxylic acids is 2. The summed E-state index contributed by atoms with van der Waals surface area (Å²) in [5.41, 5.74) is -0.0823. The van der Waals surface area contributed by atoms with Gasteiger partial charge in [0, 0.05) is 43.3 Å². The van der Waals surface area contributed by atoms with E-state index in [4.69, 9.17) is 4.42 Å². The molecule has 2 heterocycles. The van der Waals surface area contributed by atoms with E-state index < -0.39 is 0 Å². The molecule has 1 atom stereocenters. The van der Waals surface area contributed by atoms with Gasteiger partial charge in [-0.15, -0.1) is 0 Å². The number of aromatic nitrogens is 1. The molecular formula is C18H27N3O3. The fourth-order valence-electron chi connectivity index (χ4n) is 2.57. The lowest BCUT2D eigenvalue weighted by molar-refractivity contribution is -0.133. The van der Waals surface area contributed by atoms with E-state index in [0.717, 1.165) is 5.76 Å². The third-order valence-corrected chi connectivity index (χ3v) is 4.35. The summed E-state index contributed by atoms with van der Waals surface area (Å²) in [7, 11) is 0. The summed E-state index contributed by atoms with van der Waals surface area (Å²) in [4.78, 5) is 29.4. The van der Waals surface area contributed by atoms with Crippen molar-refractivity contribution in [1.29, 1.82) is 0 Å². The Hall–Kier alpha value is -2.11. The van der Waals surface area contributed by atoms with Gasteiger partial charge in [0.05, 0.1) is 6.20 Å². The largest absolute Gasteiger partial charge is 0.445 e. The van der Waals surface area contributed by atoms with E-state index in [9.17, 15) is 9.59 Å². The molecule has 1 aliphatic heterocycles. The molecule has 1 unspecified atom stereocenters. The number of nitrogens with one attached hydrogen (secondary N) is 1. The van der Waals surface area contributed by atoms with Crippen molar-refractivity contribution in [2.45, 2.75) is 52.0 Å². The van der Waals surface area contributed by atoms with Gasteiger partial charge < -0.3 is 14.6 Å². The summed E-state index contributed by atoms with van der Waals surface area (Å²) in [6, 6.07) is 0.0426. The summed E-state index contributed by atoms with van der Waals surface area (Å²) in [5, 5.41) is 2.99. The third kappa shape index (κ3) is 4.46. The van der Waals surface area contributed by atoms with Crippen LogP contribution in [-0.4, -0.2) is 40.8 Å². The standard InChI is InChI=1S/C18H27N3O3/c1-6-17(23)21-10-13(11-21)12(2)20-15(22)7-8-16-19-9-14(24-16)18(3,4)5/h6,9,12-13H,1,7-8,10-11H2,2-5H3,(H,20,22). The van der Waals surface area contributed by atoms with Crippen molar-refractivity contribution < 1.29 is 14.0 Å². The number of aryl methyl sites for hydroxylation is 1. The van der Waals surface area contributed by atoms with Crippen molar-refractivity contribution in [3.63, 3.8) is 0 Å². The van der Waals surface area contributed by atoms with Crippen molar-refractivity contribution in [2.75, 3.05) is 13.1 Å². The molecule has 6 heteroatoms. The first-order valence-corrected chi connectivity index (χ1v) is 8.36. The quantitative estimate of drug-likeness (QED) is 0.809. The zero-order valence-corrected chi connectivity index (χ0v) is 15.0. The Bertz CT molecular complexity index is 609. The van der Waals surface area contributed by atoms with Gasteiger partial charge in [0.25, 0.3) is 0 Å². The maximum atomic E-state index is 12.1. The van der Waals surface area contributed by atoms with Gasteiger partial charge in [-0.05, 0) is 13.0 Å². The van der Waals surface area contributed by atoms with E-state index in [1.54, 1.807) is 11.1 Å². The van der Waals surface area contributed by atoms with Crippen LogP contribution in [-0.2, 0) is 21.4 Å². The number of likely N-dealkylation sites (tertiary alicyclic amines) is 1. The molecule has 6 nitrogen and oxygen atoms in total. The molecule has 0 spiro atoms. The van der Waals surface area contributed by atoms with E-state index in [1.807, 2.05) is 6.92 Å². The van der Waals surface area contributed by atoms with Gasteiger partial charge in [-0.3, -0.25) is 9.59 Å². The summed E-state index contributed by atoms with van der Waals surface area (Å²) in [5.74, 6) is 1.64. The number of oxazole rings is 1. The lowest BCUT2D eigenvalue weighted by Crippen LogP contribution is -2.57. The van der Waals surface area contributed by atoms with Crippen LogP contribution in [0, 0.1) is 5.92 Å². The second-order valence-corrected chi connectivity index (χ2v) is 7.43. The Kier molecular flexibility index (Phi) is 5.47. The fraction of sp³-hybridized carbons (Fsp3) is 0.611. The average Bonchev–Trinajstić information content (AvgIpc) is 2.92. The van der Waals surface area contributed by atoms with Crippen molar-refractivity contribution in [3.05, 3.63) is 30.5 Å². The summed E-state index contributed by atoms with van der Waals surface area (Å²) >= 11 is 0. The highest BCUT2D eigenvalue weighted by molar-refractivity contribution is 5.87. The monoisotopic (exact) mass is 333 g/mol. The molecule has 0 radical (unpaired) electrons. The maximum absolute atomic E-state index is 12.1. The molecule has 132 valence electrons. The molecule has 0 saturated carbocycles. The number of hydrogen-bond acceptors (Lipinski definition) is 4. The van der Waals surface area contributed by atoms with Gasteiger partial charge in [0.15, 0.2) is 5.89 Å². The molecular weight excluding hydrogens is 306 g/mol. The molecule has 1 fully saturated rings. The predicted molar refractivity (Wildman–Crippen MR) is 91.4 cm³/mol. The van der Waals surface area contributed by atoms with Crippen LogP contribution >= 0.6 is 0 Å². The minimum atomic E-state index is -0.0823. The van der Waals surface area contributed by atoms with Crippen LogP contribution in [0.25, 0.3) is 0 Å². The molecule has 1 saturated heterocycles. The average molecular weight is 333 g/mol. The number of carbonyl (C=O) groups is 2. The molecule has 2 rings (SSSR count). The van der Waals surface area contributed by atoms with E-state index in [1.165, 1.54) is 6.08 Å². The first-order chi connectivity index (χ1) is 11.2. The van der Waals surface area contributed by atoms with E-state index >= 15 is 0 Å². The van der Waals surface area contributed by atoms with E-state index in [2.05, 4.69) is 37.7 Å². The molecule has 0 aromatic carbocycles. The number of hydrogen-bond donors (Lipinski definition) is 1. The lowest BCUT2D eigenvalue weighted by Gasteiger charge is -2.42. The molecule has 24 heavy (non-hydrogen) atoms. The minimum Gasteiger partial charge on any atom is -0.445 e. The Balaban J connectivity index is 1.73. The summed E-state index contributed by atoms with van der Waals surface area (Å²) < 4.78 is 5.69. The van der Waals surface area contributed by atoms with Gasteiger partial charge in [-0.1, -0.05) is 27.4 Å². The van der Waals surface area contributed by atoms with E-state index in [-0.39, 0.29) is 23.3 Å². The lowest BCUT2D eigenvalue weighted by atomic mass is 9.92.